The van der Waals surface area contributed by atoms with E-state index in [2.05, 4.69) is 10.6 Å². The Morgan fingerprint density at radius 3 is 2.86 bits per heavy atom. The minimum atomic E-state index is -0.692. The van der Waals surface area contributed by atoms with Crippen LogP contribution in [0.5, 0.6) is 5.75 Å². The first-order valence-corrected chi connectivity index (χ1v) is 6.57. The highest BCUT2D eigenvalue weighted by atomic mass is 35.5. The van der Waals surface area contributed by atoms with Crippen LogP contribution in [0.4, 0.5) is 5.69 Å². The van der Waals surface area contributed by atoms with E-state index in [1.54, 1.807) is 0 Å². The summed E-state index contributed by atoms with van der Waals surface area (Å²) in [6.07, 6.45) is 3.13. The number of nitro benzene ring substituents is 1. The summed E-state index contributed by atoms with van der Waals surface area (Å²) >= 11 is 0. The molecule has 0 spiro atoms. The summed E-state index contributed by atoms with van der Waals surface area (Å²) in [5, 5.41) is 26.1. The number of nitrogens with zero attached hydrogens (tertiary/aromatic N) is 1. The predicted molar refractivity (Wildman–Crippen MR) is 80.0 cm³/mol. The molecule has 0 saturated carbocycles. The number of rotatable bonds is 5. The van der Waals surface area contributed by atoms with Crippen LogP contribution in [-0.2, 0) is 0 Å². The minimum Gasteiger partial charge on any atom is -0.502 e. The van der Waals surface area contributed by atoms with E-state index in [0.29, 0.717) is 12.6 Å². The van der Waals surface area contributed by atoms with Crippen LogP contribution >= 0.6 is 12.4 Å². The molecule has 116 valence electrons. The molecular weight excluding hydrogens is 298 g/mol. The molecule has 1 aliphatic heterocycles. The molecule has 8 heteroatoms. The summed E-state index contributed by atoms with van der Waals surface area (Å²) in [4.78, 5) is 21.7. The molecule has 2 rings (SSSR count). The minimum absolute atomic E-state index is 0. The van der Waals surface area contributed by atoms with E-state index < -0.39 is 16.4 Å². The van der Waals surface area contributed by atoms with E-state index in [0.717, 1.165) is 37.9 Å². The molecule has 1 aromatic carbocycles. The summed E-state index contributed by atoms with van der Waals surface area (Å²) in [5.41, 5.74) is -0.191. The molecule has 0 aliphatic carbocycles. The molecule has 1 aromatic rings. The second-order valence-electron chi connectivity index (χ2n) is 4.80. The highest BCUT2D eigenvalue weighted by Gasteiger charge is 2.17. The molecule has 1 saturated heterocycles. The van der Waals surface area contributed by atoms with Gasteiger partial charge in [-0.3, -0.25) is 14.9 Å². The Morgan fingerprint density at radius 1 is 1.52 bits per heavy atom. The number of hydrogen-bond donors (Lipinski definition) is 3. The van der Waals surface area contributed by atoms with Crippen LogP contribution in [0.2, 0.25) is 0 Å². The van der Waals surface area contributed by atoms with Crippen molar-refractivity contribution in [1.29, 1.82) is 0 Å². The third-order valence-electron chi connectivity index (χ3n) is 3.38. The van der Waals surface area contributed by atoms with Crippen molar-refractivity contribution in [1.82, 2.24) is 10.6 Å². The van der Waals surface area contributed by atoms with Crippen molar-refractivity contribution in [2.75, 3.05) is 13.1 Å². The molecule has 0 bridgehead atoms. The van der Waals surface area contributed by atoms with Gasteiger partial charge in [-0.2, -0.15) is 0 Å². The zero-order chi connectivity index (χ0) is 14.5. The first-order chi connectivity index (χ1) is 9.58. The maximum absolute atomic E-state index is 11.8. The number of carbonyl (C=O) groups excluding carboxylic acids is 1. The van der Waals surface area contributed by atoms with Crippen LogP contribution in [0.15, 0.2) is 18.2 Å². The van der Waals surface area contributed by atoms with Crippen LogP contribution in [0, 0.1) is 10.1 Å². The molecule has 0 unspecified atom stereocenters. The molecule has 1 heterocycles. The van der Waals surface area contributed by atoms with Crippen LogP contribution in [0.1, 0.15) is 29.6 Å². The average molecular weight is 316 g/mol. The van der Waals surface area contributed by atoms with E-state index in [4.69, 9.17) is 0 Å². The predicted octanol–water partition coefficient (Wildman–Crippen LogP) is 1.59. The van der Waals surface area contributed by atoms with Crippen molar-refractivity contribution < 1.29 is 14.8 Å². The van der Waals surface area contributed by atoms with E-state index in [-0.39, 0.29) is 23.9 Å². The quantitative estimate of drug-likeness (QED) is 0.565. The monoisotopic (exact) mass is 315 g/mol. The molecule has 1 fully saturated rings. The van der Waals surface area contributed by atoms with Crippen molar-refractivity contribution in [2.24, 2.45) is 0 Å². The Hall–Kier alpha value is -1.86. The lowest BCUT2D eigenvalue weighted by atomic mass is 10.1. The Morgan fingerprint density at radius 2 is 2.29 bits per heavy atom. The van der Waals surface area contributed by atoms with Gasteiger partial charge in [0.15, 0.2) is 5.75 Å². The number of phenolic OH excluding ortho intramolecular Hbond substituents is 1. The highest BCUT2D eigenvalue weighted by Crippen LogP contribution is 2.26. The van der Waals surface area contributed by atoms with Gasteiger partial charge in [0.05, 0.1) is 4.92 Å². The van der Waals surface area contributed by atoms with Gasteiger partial charge in [0.25, 0.3) is 5.91 Å². The zero-order valence-corrected chi connectivity index (χ0v) is 12.2. The van der Waals surface area contributed by atoms with Gasteiger partial charge in [-0.05, 0) is 37.9 Å². The van der Waals surface area contributed by atoms with E-state index in [1.807, 2.05) is 0 Å². The van der Waals surface area contributed by atoms with Crippen LogP contribution < -0.4 is 10.6 Å². The molecule has 1 atom stereocenters. The largest absolute Gasteiger partial charge is 0.502 e. The van der Waals surface area contributed by atoms with E-state index >= 15 is 0 Å². The van der Waals surface area contributed by atoms with Gasteiger partial charge in [-0.1, -0.05) is 0 Å². The Kier molecular flexibility index (Phi) is 6.39. The molecule has 1 aliphatic rings. The number of aromatic hydroxyl groups is 1. The van der Waals surface area contributed by atoms with Gasteiger partial charge >= 0.3 is 5.69 Å². The molecule has 3 N–H and O–H groups in total. The fourth-order valence-corrected chi connectivity index (χ4v) is 2.28. The maximum Gasteiger partial charge on any atom is 0.310 e. The zero-order valence-electron chi connectivity index (χ0n) is 11.4. The van der Waals surface area contributed by atoms with Gasteiger partial charge in [0.2, 0.25) is 0 Å². The third kappa shape index (κ3) is 4.57. The van der Waals surface area contributed by atoms with Gasteiger partial charge in [0.1, 0.15) is 0 Å². The maximum atomic E-state index is 11.8. The smallest absolute Gasteiger partial charge is 0.310 e. The standard InChI is InChI=1S/C13H17N3O4.ClH/c17-12-8-9(3-4-11(12)16(19)20)13(18)15-7-5-10-2-1-6-14-10;/h3-4,8,10,14,17H,1-2,5-7H2,(H,15,18);1H/t10-;/m1./s1. The van der Waals surface area contributed by atoms with Gasteiger partial charge in [-0.15, -0.1) is 12.4 Å². The number of nitrogens with one attached hydrogen (secondary N) is 2. The topological polar surface area (TPSA) is 104 Å². The first-order valence-electron chi connectivity index (χ1n) is 6.57. The average Bonchev–Trinajstić information content (AvgIpc) is 2.91. The Bertz CT molecular complexity index is 518. The number of carbonyl (C=O) groups is 1. The number of halogens is 1. The molecular formula is C13H18ClN3O4. The normalized spacial score (nSPS) is 17.0. The fraction of sp³-hybridized carbons (Fsp3) is 0.462. The number of hydrogen-bond acceptors (Lipinski definition) is 5. The Balaban J connectivity index is 0.00000220. The van der Waals surface area contributed by atoms with Crippen molar-refractivity contribution in [2.45, 2.75) is 25.3 Å². The van der Waals surface area contributed by atoms with Crippen LogP contribution in [-0.4, -0.2) is 35.1 Å². The Labute approximate surface area is 128 Å². The number of nitro groups is 1. The molecule has 21 heavy (non-hydrogen) atoms. The first kappa shape index (κ1) is 17.2. The van der Waals surface area contributed by atoms with Crippen molar-refractivity contribution in [3.05, 3.63) is 33.9 Å². The fourth-order valence-electron chi connectivity index (χ4n) is 2.28. The van der Waals surface area contributed by atoms with Gasteiger partial charge < -0.3 is 15.7 Å². The van der Waals surface area contributed by atoms with Crippen LogP contribution in [0.25, 0.3) is 0 Å². The summed E-state index contributed by atoms with van der Waals surface area (Å²) < 4.78 is 0. The number of benzene rings is 1. The summed E-state index contributed by atoms with van der Waals surface area (Å²) in [6, 6.07) is 4.02. The third-order valence-corrected chi connectivity index (χ3v) is 3.38. The highest BCUT2D eigenvalue weighted by molar-refractivity contribution is 5.95. The van der Waals surface area contributed by atoms with Crippen molar-refractivity contribution in [3.8, 4) is 5.75 Å². The molecule has 7 nitrogen and oxygen atoms in total. The summed E-state index contributed by atoms with van der Waals surface area (Å²) in [6.45, 7) is 1.56. The lowest BCUT2D eigenvalue weighted by molar-refractivity contribution is -0.385. The van der Waals surface area contributed by atoms with E-state index in [9.17, 15) is 20.0 Å². The van der Waals surface area contributed by atoms with E-state index in [1.165, 1.54) is 6.07 Å². The van der Waals surface area contributed by atoms with Gasteiger partial charge in [0, 0.05) is 24.2 Å². The van der Waals surface area contributed by atoms with Gasteiger partial charge in [-0.25, -0.2) is 0 Å². The lowest BCUT2D eigenvalue weighted by Gasteiger charge is -2.10. The van der Waals surface area contributed by atoms with Crippen molar-refractivity contribution in [3.63, 3.8) is 0 Å². The lowest BCUT2D eigenvalue weighted by Crippen LogP contribution is -2.30. The van der Waals surface area contributed by atoms with Crippen molar-refractivity contribution >= 4 is 24.0 Å². The summed E-state index contributed by atoms with van der Waals surface area (Å²) in [7, 11) is 0. The molecule has 0 radical (unpaired) electrons. The molecule has 0 aromatic heterocycles. The molecule has 1 amide bonds. The SMILES string of the molecule is Cl.O=C(NCC[C@H]1CCCN1)c1ccc([N+](=O)[O-])c(O)c1. The second kappa shape index (κ2) is 7.80. The van der Waals surface area contributed by atoms with Crippen LogP contribution in [0.3, 0.4) is 0 Å². The second-order valence-corrected chi connectivity index (χ2v) is 4.80. The number of phenols is 1. The summed E-state index contributed by atoms with van der Waals surface area (Å²) in [5.74, 6) is -0.840. The number of amides is 1.